The number of thiazole rings is 1. The number of hydrogen-bond donors (Lipinski definition) is 1. The average Bonchev–Trinajstić information content (AvgIpc) is 3.03. The molecule has 5 heteroatoms. The summed E-state index contributed by atoms with van der Waals surface area (Å²) in [6.45, 7) is 3.97. The highest BCUT2D eigenvalue weighted by molar-refractivity contribution is 7.19. The molecule has 0 aliphatic rings. The summed E-state index contributed by atoms with van der Waals surface area (Å²) in [7, 11) is 0. The normalized spacial score (nSPS) is 11.9. The molecule has 2 aromatic carbocycles. The monoisotopic (exact) mass is 367 g/mol. The second-order valence-electron chi connectivity index (χ2n) is 6.25. The Labute approximate surface area is 156 Å². The molecule has 134 valence electrons. The zero-order chi connectivity index (χ0) is 18.5. The number of nitrogens with zero attached hydrogens (tertiary/aromatic N) is 1. The molecule has 1 heterocycles. The second-order valence-corrected chi connectivity index (χ2v) is 7.29. The average molecular weight is 367 g/mol. The Morgan fingerprint density at radius 2 is 1.88 bits per heavy atom. The molecular weight excluding hydrogens is 346 g/mol. The Hall–Kier alpha value is -2.66. The molecule has 0 bridgehead atoms. The summed E-state index contributed by atoms with van der Waals surface area (Å²) in [5, 5.41) is 9.97. The van der Waals surface area contributed by atoms with Crippen molar-refractivity contribution in [3.63, 3.8) is 0 Å². The van der Waals surface area contributed by atoms with Gasteiger partial charge in [-0.2, -0.15) is 0 Å². The molecule has 0 spiro atoms. The van der Waals surface area contributed by atoms with Gasteiger partial charge >= 0.3 is 5.97 Å². The maximum Gasteiger partial charge on any atom is 0.303 e. The third kappa shape index (κ3) is 4.49. The maximum absolute atomic E-state index is 11.1. The number of rotatable bonds is 7. The molecule has 0 fully saturated rings. The van der Waals surface area contributed by atoms with Crippen LogP contribution in [0.15, 0.2) is 48.5 Å². The van der Waals surface area contributed by atoms with Gasteiger partial charge in [0.2, 0.25) is 0 Å². The minimum absolute atomic E-state index is 0.0643. The van der Waals surface area contributed by atoms with Crippen molar-refractivity contribution in [3.8, 4) is 5.75 Å². The molecule has 0 unspecified atom stereocenters. The van der Waals surface area contributed by atoms with Crippen LogP contribution in [0.4, 0.5) is 0 Å². The van der Waals surface area contributed by atoms with Crippen LogP contribution in [0.1, 0.15) is 37.3 Å². The molecule has 0 aliphatic heterocycles. The van der Waals surface area contributed by atoms with Gasteiger partial charge in [0.25, 0.3) is 0 Å². The summed E-state index contributed by atoms with van der Waals surface area (Å²) in [6, 6.07) is 15.7. The third-order valence-corrected chi connectivity index (χ3v) is 4.90. The number of benzene rings is 2. The predicted molar refractivity (Wildman–Crippen MR) is 107 cm³/mol. The van der Waals surface area contributed by atoms with E-state index in [0.717, 1.165) is 32.1 Å². The Balaban J connectivity index is 2.03. The van der Waals surface area contributed by atoms with Crippen molar-refractivity contribution in [2.24, 2.45) is 0 Å². The van der Waals surface area contributed by atoms with Crippen LogP contribution >= 0.6 is 11.3 Å². The molecule has 0 saturated carbocycles. The van der Waals surface area contributed by atoms with E-state index in [1.807, 2.05) is 68.5 Å². The van der Waals surface area contributed by atoms with E-state index in [2.05, 4.69) is 0 Å². The van der Waals surface area contributed by atoms with Gasteiger partial charge in [0.1, 0.15) is 10.8 Å². The van der Waals surface area contributed by atoms with E-state index in [9.17, 15) is 4.79 Å². The number of hydrogen-bond acceptors (Lipinski definition) is 4. The summed E-state index contributed by atoms with van der Waals surface area (Å²) in [6.07, 6.45) is 2.55. The first kappa shape index (κ1) is 18.1. The van der Waals surface area contributed by atoms with Gasteiger partial charge < -0.3 is 9.84 Å². The van der Waals surface area contributed by atoms with Gasteiger partial charge in [-0.1, -0.05) is 30.3 Å². The van der Waals surface area contributed by atoms with Crippen LogP contribution in [0.2, 0.25) is 0 Å². The highest BCUT2D eigenvalue weighted by Crippen LogP contribution is 2.32. The van der Waals surface area contributed by atoms with E-state index in [0.29, 0.717) is 6.42 Å². The lowest BCUT2D eigenvalue weighted by molar-refractivity contribution is -0.136. The summed E-state index contributed by atoms with van der Waals surface area (Å²) in [4.78, 5) is 15.8. The summed E-state index contributed by atoms with van der Waals surface area (Å²) < 4.78 is 6.98. The van der Waals surface area contributed by atoms with Crippen LogP contribution in [0.3, 0.4) is 0 Å². The maximum atomic E-state index is 11.1. The Bertz CT molecular complexity index is 910. The molecule has 1 N–H and O–H groups in total. The van der Waals surface area contributed by atoms with E-state index in [1.54, 1.807) is 11.3 Å². The molecule has 3 aromatic rings. The first-order chi connectivity index (χ1) is 12.5. The Morgan fingerprint density at radius 3 is 2.62 bits per heavy atom. The Morgan fingerprint density at radius 1 is 1.15 bits per heavy atom. The first-order valence-corrected chi connectivity index (χ1v) is 9.38. The number of carboxylic acid groups (broad SMARTS) is 1. The van der Waals surface area contributed by atoms with Crippen LogP contribution in [0.25, 0.3) is 21.9 Å². The number of carbonyl (C=O) groups is 1. The number of para-hydroxylation sites is 2. The standard InChI is InChI=1S/C21H21NO3S/c1-14(2)25-18-9-5-3-7-15(18)13-16(11-12-20(23)24)21-22-17-8-4-6-10-19(17)26-21/h3-10,13-14H,11-12H2,1-2H3,(H,23,24)/b16-13-. The molecule has 0 amide bonds. The molecule has 0 saturated heterocycles. The molecule has 26 heavy (non-hydrogen) atoms. The third-order valence-electron chi connectivity index (χ3n) is 3.79. The highest BCUT2D eigenvalue weighted by atomic mass is 32.1. The van der Waals surface area contributed by atoms with Crippen LogP contribution in [-0.4, -0.2) is 22.2 Å². The fraction of sp³-hybridized carbons (Fsp3) is 0.238. The second kappa shape index (κ2) is 8.15. The fourth-order valence-electron chi connectivity index (χ4n) is 2.64. The van der Waals surface area contributed by atoms with E-state index in [4.69, 9.17) is 14.8 Å². The minimum Gasteiger partial charge on any atom is -0.490 e. The van der Waals surface area contributed by atoms with Crippen molar-refractivity contribution < 1.29 is 14.6 Å². The zero-order valence-corrected chi connectivity index (χ0v) is 15.6. The first-order valence-electron chi connectivity index (χ1n) is 8.57. The summed E-state index contributed by atoms with van der Waals surface area (Å²) >= 11 is 1.58. The number of fused-ring (bicyclic) bond motifs is 1. The SMILES string of the molecule is CC(C)Oc1ccccc1/C=C(/CCC(=O)O)c1nc2ccccc2s1. The van der Waals surface area contributed by atoms with Gasteiger partial charge in [-0.15, -0.1) is 11.3 Å². The van der Waals surface area contributed by atoms with E-state index in [1.165, 1.54) is 0 Å². The summed E-state index contributed by atoms with van der Waals surface area (Å²) in [5.74, 6) is -0.0276. The van der Waals surface area contributed by atoms with Crippen LogP contribution < -0.4 is 4.74 Å². The van der Waals surface area contributed by atoms with Crippen molar-refractivity contribution in [1.82, 2.24) is 4.98 Å². The number of aromatic nitrogens is 1. The van der Waals surface area contributed by atoms with Crippen LogP contribution in [0, 0.1) is 0 Å². The zero-order valence-electron chi connectivity index (χ0n) is 14.8. The topological polar surface area (TPSA) is 59.4 Å². The Kier molecular flexibility index (Phi) is 5.68. The molecule has 3 rings (SSSR count). The molecule has 4 nitrogen and oxygen atoms in total. The van der Waals surface area contributed by atoms with Gasteiger partial charge in [-0.05, 0) is 50.1 Å². The quantitative estimate of drug-likeness (QED) is 0.600. The highest BCUT2D eigenvalue weighted by Gasteiger charge is 2.12. The van der Waals surface area contributed by atoms with Crippen molar-refractivity contribution in [1.29, 1.82) is 0 Å². The number of carboxylic acids is 1. The molecule has 0 atom stereocenters. The van der Waals surface area contributed by atoms with Crippen molar-refractivity contribution >= 4 is 39.2 Å². The molecule has 0 radical (unpaired) electrons. The predicted octanol–water partition coefficient (Wildman–Crippen LogP) is 5.49. The van der Waals surface area contributed by atoms with Crippen LogP contribution in [-0.2, 0) is 4.79 Å². The largest absolute Gasteiger partial charge is 0.490 e. The van der Waals surface area contributed by atoms with Gasteiger partial charge in [-0.3, -0.25) is 4.79 Å². The fourth-order valence-corrected chi connectivity index (χ4v) is 3.65. The van der Waals surface area contributed by atoms with Crippen molar-refractivity contribution in [2.75, 3.05) is 0 Å². The van der Waals surface area contributed by atoms with E-state index >= 15 is 0 Å². The van der Waals surface area contributed by atoms with Gasteiger partial charge in [0.15, 0.2) is 0 Å². The number of allylic oxidation sites excluding steroid dienone is 1. The van der Waals surface area contributed by atoms with Gasteiger partial charge in [0, 0.05) is 12.0 Å². The van der Waals surface area contributed by atoms with Crippen LogP contribution in [0.5, 0.6) is 5.75 Å². The lowest BCUT2D eigenvalue weighted by atomic mass is 10.1. The lowest BCUT2D eigenvalue weighted by Crippen LogP contribution is -2.06. The number of aliphatic carboxylic acids is 1. The molecule has 0 aliphatic carbocycles. The van der Waals surface area contributed by atoms with Gasteiger partial charge in [0.05, 0.1) is 16.3 Å². The van der Waals surface area contributed by atoms with E-state index < -0.39 is 5.97 Å². The van der Waals surface area contributed by atoms with Crippen molar-refractivity contribution in [2.45, 2.75) is 32.8 Å². The van der Waals surface area contributed by atoms with E-state index in [-0.39, 0.29) is 12.5 Å². The van der Waals surface area contributed by atoms with Crippen molar-refractivity contribution in [3.05, 3.63) is 59.1 Å². The smallest absolute Gasteiger partial charge is 0.303 e. The molecular formula is C21H21NO3S. The van der Waals surface area contributed by atoms with Gasteiger partial charge in [-0.25, -0.2) is 4.98 Å². The minimum atomic E-state index is -0.816. The summed E-state index contributed by atoms with van der Waals surface area (Å²) in [5.41, 5.74) is 2.77. The lowest BCUT2D eigenvalue weighted by Gasteiger charge is -2.13. The number of ether oxygens (including phenoxy) is 1. The molecule has 1 aromatic heterocycles.